The van der Waals surface area contributed by atoms with Crippen LogP contribution in [-0.4, -0.2) is 30.1 Å². The molecule has 0 fully saturated rings. The van der Waals surface area contributed by atoms with Gasteiger partial charge in [-0.3, -0.25) is 9.78 Å². The van der Waals surface area contributed by atoms with Crippen molar-refractivity contribution in [3.8, 4) is 0 Å². The third-order valence-corrected chi connectivity index (χ3v) is 3.13. The highest BCUT2D eigenvalue weighted by molar-refractivity contribution is 5.78. The first-order chi connectivity index (χ1) is 10.6. The average molecular weight is 301 g/mol. The molecule has 2 rings (SSSR count). The normalized spacial score (nSPS) is 10.4. The third kappa shape index (κ3) is 5.05. The number of para-hydroxylation sites is 1. The predicted octanol–water partition coefficient (Wildman–Crippen LogP) is 1.77. The van der Waals surface area contributed by atoms with Gasteiger partial charge in [-0.1, -0.05) is 24.3 Å². The Morgan fingerprint density at radius 1 is 1.14 bits per heavy atom. The molecule has 0 saturated heterocycles. The molecule has 1 heterocycles. The van der Waals surface area contributed by atoms with Gasteiger partial charge in [-0.15, -0.1) is 0 Å². The molecule has 6 nitrogen and oxygen atoms in total. The lowest BCUT2D eigenvalue weighted by molar-refractivity contribution is -0.120. The summed E-state index contributed by atoms with van der Waals surface area (Å²) >= 11 is 0. The molecule has 0 radical (unpaired) electrons. The first kappa shape index (κ1) is 15.8. The largest absolute Gasteiger partial charge is 0.439 e. The van der Waals surface area contributed by atoms with Gasteiger partial charge in [-0.2, -0.15) is 0 Å². The monoisotopic (exact) mass is 301 g/mol. The minimum Gasteiger partial charge on any atom is -0.439 e. The number of amides is 2. The van der Waals surface area contributed by atoms with E-state index in [4.69, 9.17) is 5.73 Å². The quantitative estimate of drug-likeness (QED) is 0.762. The van der Waals surface area contributed by atoms with Gasteiger partial charge in [0, 0.05) is 17.6 Å². The molecule has 116 valence electrons. The van der Waals surface area contributed by atoms with Gasteiger partial charge in [0.15, 0.2) is 6.61 Å². The van der Waals surface area contributed by atoms with E-state index in [1.807, 2.05) is 30.3 Å². The number of carbonyl (C=O) groups is 2. The van der Waals surface area contributed by atoms with E-state index < -0.39 is 18.6 Å². The first-order valence-corrected chi connectivity index (χ1v) is 7.19. The molecule has 22 heavy (non-hydrogen) atoms. The molecule has 1 aromatic heterocycles. The number of aromatic nitrogens is 1. The number of nitrogens with one attached hydrogen (secondary N) is 1. The van der Waals surface area contributed by atoms with Gasteiger partial charge in [-0.05, 0) is 31.4 Å². The van der Waals surface area contributed by atoms with Crippen LogP contribution in [0.2, 0.25) is 0 Å². The number of ether oxygens (including phenoxy) is 1. The summed E-state index contributed by atoms with van der Waals surface area (Å²) in [6.45, 7) is 0.0953. The van der Waals surface area contributed by atoms with Crippen LogP contribution >= 0.6 is 0 Å². The van der Waals surface area contributed by atoms with Crippen LogP contribution in [0.25, 0.3) is 10.9 Å². The highest BCUT2D eigenvalue weighted by atomic mass is 16.6. The summed E-state index contributed by atoms with van der Waals surface area (Å²) < 4.78 is 4.58. The summed E-state index contributed by atoms with van der Waals surface area (Å²) in [7, 11) is 0. The fraction of sp³-hybridized carbons (Fsp3) is 0.312. The topological polar surface area (TPSA) is 94.3 Å². The van der Waals surface area contributed by atoms with Crippen molar-refractivity contribution in [3.05, 3.63) is 42.1 Å². The second kappa shape index (κ2) is 7.97. The third-order valence-electron chi connectivity index (χ3n) is 3.13. The average Bonchev–Trinajstić information content (AvgIpc) is 2.52. The number of rotatable bonds is 7. The van der Waals surface area contributed by atoms with Crippen molar-refractivity contribution in [2.24, 2.45) is 5.73 Å². The van der Waals surface area contributed by atoms with Crippen LogP contribution in [0.15, 0.2) is 36.4 Å². The summed E-state index contributed by atoms with van der Waals surface area (Å²) in [4.78, 5) is 26.2. The van der Waals surface area contributed by atoms with Gasteiger partial charge in [0.25, 0.3) is 5.91 Å². The number of fused-ring (bicyclic) bond motifs is 1. The molecular formula is C16H19N3O3. The maximum absolute atomic E-state index is 11.2. The van der Waals surface area contributed by atoms with E-state index in [-0.39, 0.29) is 0 Å². The van der Waals surface area contributed by atoms with E-state index in [1.165, 1.54) is 0 Å². The van der Waals surface area contributed by atoms with Gasteiger partial charge in [0.05, 0.1) is 5.52 Å². The highest BCUT2D eigenvalue weighted by Gasteiger charge is 2.03. The van der Waals surface area contributed by atoms with E-state index in [0.29, 0.717) is 6.54 Å². The maximum atomic E-state index is 11.2. The lowest BCUT2D eigenvalue weighted by atomic mass is 10.1. The van der Waals surface area contributed by atoms with Crippen LogP contribution in [0.4, 0.5) is 4.79 Å². The van der Waals surface area contributed by atoms with Crippen molar-refractivity contribution in [1.82, 2.24) is 10.3 Å². The summed E-state index contributed by atoms with van der Waals surface area (Å²) in [6.07, 6.45) is 1.94. The molecule has 6 heteroatoms. The zero-order valence-corrected chi connectivity index (χ0v) is 12.2. The second-order valence-electron chi connectivity index (χ2n) is 4.92. The number of carbonyl (C=O) groups excluding carboxylic acids is 2. The van der Waals surface area contributed by atoms with E-state index in [0.717, 1.165) is 35.9 Å². The summed E-state index contributed by atoms with van der Waals surface area (Å²) in [5.41, 5.74) is 6.90. The van der Waals surface area contributed by atoms with Crippen molar-refractivity contribution >= 4 is 22.9 Å². The van der Waals surface area contributed by atoms with E-state index in [2.05, 4.69) is 21.1 Å². The second-order valence-corrected chi connectivity index (χ2v) is 4.92. The lowest BCUT2D eigenvalue weighted by Gasteiger charge is -2.06. The summed E-state index contributed by atoms with van der Waals surface area (Å²) in [5, 5.41) is 3.69. The number of nitrogens with two attached hydrogens (primary N) is 1. The van der Waals surface area contributed by atoms with Gasteiger partial charge in [0.1, 0.15) is 0 Å². The number of hydrogen-bond acceptors (Lipinski definition) is 4. The minimum atomic E-state index is -0.669. The predicted molar refractivity (Wildman–Crippen MR) is 83.2 cm³/mol. The Balaban J connectivity index is 1.67. The molecule has 0 bridgehead atoms. The van der Waals surface area contributed by atoms with Crippen LogP contribution in [0.3, 0.4) is 0 Å². The van der Waals surface area contributed by atoms with E-state index in [1.54, 1.807) is 0 Å². The van der Waals surface area contributed by atoms with Crippen molar-refractivity contribution in [1.29, 1.82) is 0 Å². The number of hydrogen-bond donors (Lipinski definition) is 2. The molecule has 2 aromatic rings. The number of alkyl carbamates (subject to hydrolysis) is 1. The number of benzene rings is 1. The summed E-state index contributed by atoms with van der Waals surface area (Å²) in [6, 6.07) is 12.1. The Morgan fingerprint density at radius 3 is 2.77 bits per heavy atom. The molecular weight excluding hydrogens is 282 g/mol. The van der Waals surface area contributed by atoms with E-state index in [9.17, 15) is 9.59 Å². The molecule has 0 aliphatic carbocycles. The van der Waals surface area contributed by atoms with Crippen LogP contribution in [-0.2, 0) is 16.0 Å². The van der Waals surface area contributed by atoms with Crippen molar-refractivity contribution in [2.45, 2.75) is 19.3 Å². The highest BCUT2D eigenvalue weighted by Crippen LogP contribution is 2.13. The van der Waals surface area contributed by atoms with Crippen LogP contribution in [0.5, 0.6) is 0 Å². The van der Waals surface area contributed by atoms with Gasteiger partial charge in [0.2, 0.25) is 0 Å². The Bertz CT molecular complexity index is 658. The Morgan fingerprint density at radius 2 is 1.95 bits per heavy atom. The molecule has 0 saturated carbocycles. The van der Waals surface area contributed by atoms with Crippen LogP contribution in [0.1, 0.15) is 18.5 Å². The lowest BCUT2D eigenvalue weighted by Crippen LogP contribution is -2.29. The molecule has 0 aliphatic heterocycles. The Hall–Kier alpha value is -2.63. The molecule has 3 N–H and O–H groups in total. The maximum Gasteiger partial charge on any atom is 0.407 e. The Kier molecular flexibility index (Phi) is 5.71. The Labute approximate surface area is 128 Å². The number of unbranched alkanes of at least 4 members (excludes halogenated alkanes) is 1. The fourth-order valence-electron chi connectivity index (χ4n) is 2.06. The van der Waals surface area contributed by atoms with Gasteiger partial charge >= 0.3 is 6.09 Å². The van der Waals surface area contributed by atoms with Crippen LogP contribution in [0, 0.1) is 0 Å². The molecule has 2 amide bonds. The van der Waals surface area contributed by atoms with Gasteiger partial charge in [-0.25, -0.2) is 4.79 Å². The zero-order chi connectivity index (χ0) is 15.8. The number of pyridine rings is 1. The summed E-state index contributed by atoms with van der Waals surface area (Å²) in [5.74, 6) is -0.669. The van der Waals surface area contributed by atoms with Crippen molar-refractivity contribution < 1.29 is 14.3 Å². The fourth-order valence-corrected chi connectivity index (χ4v) is 2.06. The zero-order valence-electron chi connectivity index (χ0n) is 12.2. The molecule has 0 atom stereocenters. The van der Waals surface area contributed by atoms with Gasteiger partial charge < -0.3 is 15.8 Å². The molecule has 0 unspecified atom stereocenters. The van der Waals surface area contributed by atoms with Crippen molar-refractivity contribution in [3.63, 3.8) is 0 Å². The smallest absolute Gasteiger partial charge is 0.407 e. The number of nitrogens with zero attached hydrogens (tertiary/aromatic N) is 1. The SMILES string of the molecule is NC(=O)COC(=O)NCCCCc1ccc2ccccc2n1. The number of primary amides is 1. The van der Waals surface area contributed by atoms with Crippen LogP contribution < -0.4 is 11.1 Å². The molecule has 0 spiro atoms. The molecule has 1 aromatic carbocycles. The van der Waals surface area contributed by atoms with Crippen molar-refractivity contribution in [2.75, 3.05) is 13.2 Å². The number of aryl methyl sites for hydroxylation is 1. The minimum absolute atomic E-state index is 0.396. The molecule has 0 aliphatic rings. The van der Waals surface area contributed by atoms with E-state index >= 15 is 0 Å². The standard InChI is InChI=1S/C16H19N3O3/c17-15(20)11-22-16(21)18-10-4-3-6-13-9-8-12-5-1-2-7-14(12)19-13/h1-2,5,7-9H,3-4,6,10-11H2,(H2,17,20)(H,18,21). The first-order valence-electron chi connectivity index (χ1n) is 7.19.